The van der Waals surface area contributed by atoms with Crippen LogP contribution in [-0.4, -0.2) is 59.6 Å². The summed E-state index contributed by atoms with van der Waals surface area (Å²) in [5.74, 6) is 0.221. The van der Waals surface area contributed by atoms with Crippen molar-refractivity contribution in [3.8, 4) is 0 Å². The van der Waals surface area contributed by atoms with Crippen LogP contribution in [0.5, 0.6) is 0 Å². The van der Waals surface area contributed by atoms with Crippen LogP contribution in [0, 0.1) is 0 Å². The molecule has 1 amide bonds. The van der Waals surface area contributed by atoms with Crippen LogP contribution in [0.2, 0.25) is 0 Å². The Bertz CT molecular complexity index is 232. The number of likely N-dealkylation sites (tertiary alicyclic amines) is 2. The monoisotopic (exact) mass is 198 g/mol. The second-order valence-electron chi connectivity index (χ2n) is 4.36. The number of rotatable bonds is 1. The number of amides is 1. The fourth-order valence-electron chi connectivity index (χ4n) is 2.41. The summed E-state index contributed by atoms with van der Waals surface area (Å²) in [5.41, 5.74) is 0. The highest BCUT2D eigenvalue weighted by Crippen LogP contribution is 2.20. The first-order valence-electron chi connectivity index (χ1n) is 5.35. The van der Waals surface area contributed by atoms with Gasteiger partial charge in [0.15, 0.2) is 0 Å². The van der Waals surface area contributed by atoms with E-state index in [0.29, 0.717) is 6.54 Å². The zero-order chi connectivity index (χ0) is 10.1. The van der Waals surface area contributed by atoms with E-state index in [-0.39, 0.29) is 18.1 Å². The lowest BCUT2D eigenvalue weighted by Crippen LogP contribution is -2.47. The molecule has 0 saturated carbocycles. The van der Waals surface area contributed by atoms with Gasteiger partial charge in [0.2, 0.25) is 5.91 Å². The number of carbonyl (C=O) groups is 1. The smallest absolute Gasteiger partial charge is 0.239 e. The molecule has 0 aromatic heterocycles. The predicted octanol–water partition coefficient (Wildman–Crippen LogP) is -0.326. The number of hydrogen-bond donors (Lipinski definition) is 1. The fraction of sp³-hybridized carbons (Fsp3) is 0.900. The van der Waals surface area contributed by atoms with Crippen LogP contribution in [0.15, 0.2) is 0 Å². The van der Waals surface area contributed by atoms with Crippen molar-refractivity contribution in [2.24, 2.45) is 0 Å². The molecule has 2 aliphatic rings. The first-order chi connectivity index (χ1) is 6.68. The molecule has 1 N–H and O–H groups in total. The highest BCUT2D eigenvalue weighted by atomic mass is 16.3. The normalized spacial score (nSPS) is 35.3. The van der Waals surface area contributed by atoms with Gasteiger partial charge in [-0.25, -0.2) is 0 Å². The molecule has 14 heavy (non-hydrogen) atoms. The van der Waals surface area contributed by atoms with E-state index in [1.54, 1.807) is 4.90 Å². The van der Waals surface area contributed by atoms with Gasteiger partial charge in [-0.15, -0.1) is 0 Å². The molecule has 80 valence electrons. The Balaban J connectivity index is 1.97. The summed E-state index contributed by atoms with van der Waals surface area (Å²) in [4.78, 5) is 15.6. The largest absolute Gasteiger partial charge is 0.392 e. The Morgan fingerprint density at radius 1 is 1.36 bits per heavy atom. The number of nitrogens with zero attached hydrogens (tertiary/aromatic N) is 2. The second kappa shape index (κ2) is 3.87. The van der Waals surface area contributed by atoms with Crippen LogP contribution in [0.4, 0.5) is 0 Å². The molecule has 2 rings (SSSR count). The molecule has 0 unspecified atom stereocenters. The summed E-state index contributed by atoms with van der Waals surface area (Å²) in [7, 11) is 1.85. The number of β-amino-alcohol motifs (C(OH)–C–C–N with tert-alkyl or cyclic N) is 1. The standard InChI is InChI=1S/C10H18N2O2/c1-11-6-4-9(10(11)14)12-5-2-3-8(13)7-12/h8-9,13H,2-7H2,1H3/t8-,9+/m1/s1. The van der Waals surface area contributed by atoms with Crippen LogP contribution in [0.3, 0.4) is 0 Å². The number of hydrogen-bond acceptors (Lipinski definition) is 3. The summed E-state index contributed by atoms with van der Waals surface area (Å²) in [6, 6.07) is 0.0370. The van der Waals surface area contributed by atoms with Crippen molar-refractivity contribution < 1.29 is 9.90 Å². The quantitative estimate of drug-likeness (QED) is 0.627. The first-order valence-corrected chi connectivity index (χ1v) is 5.35. The van der Waals surface area contributed by atoms with Crippen LogP contribution in [0.25, 0.3) is 0 Å². The summed E-state index contributed by atoms with van der Waals surface area (Å²) in [6.45, 7) is 2.49. The Hall–Kier alpha value is -0.610. The molecule has 0 aromatic rings. The zero-order valence-corrected chi connectivity index (χ0v) is 8.65. The molecule has 0 spiro atoms. The van der Waals surface area contributed by atoms with E-state index in [4.69, 9.17) is 0 Å². The van der Waals surface area contributed by atoms with E-state index in [1.165, 1.54) is 0 Å². The maximum Gasteiger partial charge on any atom is 0.239 e. The molecule has 0 aromatic carbocycles. The number of piperidine rings is 1. The number of carbonyl (C=O) groups excluding carboxylic acids is 1. The molecule has 2 saturated heterocycles. The van der Waals surface area contributed by atoms with Gasteiger partial charge in [-0.1, -0.05) is 0 Å². The maximum absolute atomic E-state index is 11.7. The van der Waals surface area contributed by atoms with Crippen LogP contribution >= 0.6 is 0 Å². The molecule has 2 heterocycles. The van der Waals surface area contributed by atoms with Crippen LogP contribution in [-0.2, 0) is 4.79 Å². The first kappa shape index (κ1) is 9.93. The third-order valence-electron chi connectivity index (χ3n) is 3.27. The number of likely N-dealkylation sites (N-methyl/N-ethyl adjacent to an activating group) is 1. The van der Waals surface area contributed by atoms with E-state index in [2.05, 4.69) is 4.90 Å². The van der Waals surface area contributed by atoms with Crippen molar-refractivity contribution in [2.45, 2.75) is 31.4 Å². The molecular weight excluding hydrogens is 180 g/mol. The summed E-state index contributed by atoms with van der Waals surface area (Å²) in [5, 5.41) is 9.53. The van der Waals surface area contributed by atoms with Gasteiger partial charge >= 0.3 is 0 Å². The summed E-state index contributed by atoms with van der Waals surface area (Å²) in [6.07, 6.45) is 2.58. The average molecular weight is 198 g/mol. The lowest BCUT2D eigenvalue weighted by atomic mass is 10.1. The van der Waals surface area contributed by atoms with Gasteiger partial charge in [-0.2, -0.15) is 0 Å². The Morgan fingerprint density at radius 3 is 2.71 bits per heavy atom. The van der Waals surface area contributed by atoms with Gasteiger partial charge in [0.05, 0.1) is 12.1 Å². The third kappa shape index (κ3) is 1.77. The van der Waals surface area contributed by atoms with Crippen molar-refractivity contribution in [1.82, 2.24) is 9.80 Å². The Labute approximate surface area is 84.5 Å². The van der Waals surface area contributed by atoms with Crippen molar-refractivity contribution in [1.29, 1.82) is 0 Å². The maximum atomic E-state index is 11.7. The Kier molecular flexibility index (Phi) is 2.74. The number of aliphatic hydroxyl groups excluding tert-OH is 1. The molecule has 4 heteroatoms. The van der Waals surface area contributed by atoms with Crippen molar-refractivity contribution in [3.05, 3.63) is 0 Å². The molecule has 2 aliphatic heterocycles. The third-order valence-corrected chi connectivity index (χ3v) is 3.27. The number of aliphatic hydroxyl groups is 1. The molecule has 0 aliphatic carbocycles. The van der Waals surface area contributed by atoms with Crippen LogP contribution in [0.1, 0.15) is 19.3 Å². The highest BCUT2D eigenvalue weighted by Gasteiger charge is 2.35. The topological polar surface area (TPSA) is 43.8 Å². The van der Waals surface area contributed by atoms with E-state index in [0.717, 1.165) is 32.4 Å². The lowest BCUT2D eigenvalue weighted by molar-refractivity contribution is -0.132. The van der Waals surface area contributed by atoms with Gasteiger partial charge < -0.3 is 10.0 Å². The average Bonchev–Trinajstić information content (AvgIpc) is 2.48. The summed E-state index contributed by atoms with van der Waals surface area (Å²) < 4.78 is 0. The molecule has 0 bridgehead atoms. The minimum atomic E-state index is -0.234. The minimum absolute atomic E-state index is 0.0370. The van der Waals surface area contributed by atoms with E-state index >= 15 is 0 Å². The molecule has 2 atom stereocenters. The molecule has 4 nitrogen and oxygen atoms in total. The predicted molar refractivity (Wildman–Crippen MR) is 52.9 cm³/mol. The van der Waals surface area contributed by atoms with E-state index < -0.39 is 0 Å². The van der Waals surface area contributed by atoms with Gasteiger partial charge in [-0.05, 0) is 25.8 Å². The lowest BCUT2D eigenvalue weighted by Gasteiger charge is -2.33. The van der Waals surface area contributed by atoms with Gasteiger partial charge in [0.1, 0.15) is 0 Å². The van der Waals surface area contributed by atoms with Crippen molar-refractivity contribution >= 4 is 5.91 Å². The van der Waals surface area contributed by atoms with Crippen LogP contribution < -0.4 is 0 Å². The van der Waals surface area contributed by atoms with Crippen molar-refractivity contribution in [2.75, 3.05) is 26.7 Å². The van der Waals surface area contributed by atoms with Gasteiger partial charge in [0.25, 0.3) is 0 Å². The minimum Gasteiger partial charge on any atom is -0.392 e. The van der Waals surface area contributed by atoms with E-state index in [9.17, 15) is 9.90 Å². The molecular formula is C10H18N2O2. The Morgan fingerprint density at radius 2 is 2.14 bits per heavy atom. The van der Waals surface area contributed by atoms with Gasteiger partial charge in [-0.3, -0.25) is 9.69 Å². The fourth-order valence-corrected chi connectivity index (χ4v) is 2.41. The summed E-state index contributed by atoms with van der Waals surface area (Å²) >= 11 is 0. The zero-order valence-electron chi connectivity index (χ0n) is 8.65. The van der Waals surface area contributed by atoms with E-state index in [1.807, 2.05) is 7.05 Å². The SMILES string of the molecule is CN1CC[C@H](N2CCC[C@@H](O)C2)C1=O. The molecule has 0 radical (unpaired) electrons. The second-order valence-corrected chi connectivity index (χ2v) is 4.36. The van der Waals surface area contributed by atoms with Crippen molar-refractivity contribution in [3.63, 3.8) is 0 Å². The highest BCUT2D eigenvalue weighted by molar-refractivity contribution is 5.83. The van der Waals surface area contributed by atoms with Gasteiger partial charge in [0, 0.05) is 20.1 Å². The molecule has 2 fully saturated rings.